The molecule has 28 heavy (non-hydrogen) atoms. The number of hydrogen-bond donors (Lipinski definition) is 1. The largest absolute Gasteiger partial charge is 0.324 e. The zero-order valence-electron chi connectivity index (χ0n) is 16.7. The summed E-state index contributed by atoms with van der Waals surface area (Å²) in [4.78, 5) is 12.2. The van der Waals surface area contributed by atoms with E-state index < -0.39 is 21.5 Å². The number of sulfone groups is 1. The monoisotopic (exact) mass is 423 g/mol. The number of benzene rings is 1. The minimum atomic E-state index is -3.41. The van der Waals surface area contributed by atoms with Crippen LogP contribution in [0.2, 0.25) is 5.02 Å². The van der Waals surface area contributed by atoms with E-state index in [1.165, 1.54) is 44.1 Å². The Morgan fingerprint density at radius 3 is 2.21 bits per heavy atom. The molecule has 0 radical (unpaired) electrons. The van der Waals surface area contributed by atoms with Gasteiger partial charge in [-0.2, -0.15) is 0 Å². The molecule has 4 bridgehead atoms. The second-order valence-corrected chi connectivity index (χ2v) is 12.4. The number of nitrogens with one attached hydrogen (secondary N) is 1. The molecule has 4 aliphatic carbocycles. The highest BCUT2D eigenvalue weighted by Gasteiger charge is 2.51. The van der Waals surface area contributed by atoms with E-state index in [1.807, 2.05) is 26.0 Å². The summed E-state index contributed by atoms with van der Waals surface area (Å²) in [6, 6.07) is 5.95. The lowest BCUT2D eigenvalue weighted by molar-refractivity contribution is -0.113. The Labute approximate surface area is 173 Å². The van der Waals surface area contributed by atoms with E-state index in [9.17, 15) is 13.2 Å². The lowest BCUT2D eigenvalue weighted by atomic mass is 9.48. The Balaban J connectivity index is 1.47. The molecule has 4 nitrogen and oxygen atoms in total. The van der Waals surface area contributed by atoms with E-state index in [1.54, 1.807) is 0 Å². The Bertz CT molecular complexity index is 842. The van der Waals surface area contributed by atoms with Crippen LogP contribution in [0.15, 0.2) is 18.2 Å². The van der Waals surface area contributed by atoms with Crippen molar-refractivity contribution >= 4 is 33.0 Å². The van der Waals surface area contributed by atoms with Crippen molar-refractivity contribution in [3.8, 4) is 0 Å². The minimum Gasteiger partial charge on any atom is -0.324 e. The number of halogens is 1. The fraction of sp³-hybridized carbons (Fsp3) is 0.682. The summed E-state index contributed by atoms with van der Waals surface area (Å²) >= 11 is 6.51. The van der Waals surface area contributed by atoms with E-state index in [2.05, 4.69) is 11.4 Å². The van der Waals surface area contributed by atoms with Crippen LogP contribution in [0.3, 0.4) is 0 Å². The van der Waals surface area contributed by atoms with Crippen molar-refractivity contribution in [2.75, 3.05) is 16.8 Å². The minimum absolute atomic E-state index is 0.000881. The Morgan fingerprint density at radius 1 is 1.14 bits per heavy atom. The van der Waals surface area contributed by atoms with Crippen molar-refractivity contribution in [1.29, 1.82) is 0 Å². The van der Waals surface area contributed by atoms with Crippen LogP contribution in [0.5, 0.6) is 0 Å². The first-order valence-electron chi connectivity index (χ1n) is 10.4. The first kappa shape index (κ1) is 20.2. The number of amides is 1. The molecule has 0 spiro atoms. The van der Waals surface area contributed by atoms with Crippen molar-refractivity contribution < 1.29 is 13.2 Å². The summed E-state index contributed by atoms with van der Waals surface area (Å²) in [5.41, 5.74) is 2.04. The van der Waals surface area contributed by atoms with Crippen LogP contribution in [0.1, 0.15) is 57.9 Å². The normalized spacial score (nSPS) is 31.4. The quantitative estimate of drug-likeness (QED) is 0.713. The number of carbonyl (C=O) groups is 1. The molecule has 0 saturated heterocycles. The lowest BCUT2D eigenvalue weighted by Crippen LogP contribution is -2.48. The molecule has 1 N–H and O–H groups in total. The standard InChI is InChI=1S/C22H30ClNO3S/c1-14(2)12-28(26,27)13-21(25)24-20-4-3-18(8-19(20)23)22-9-15-5-16(10-22)7-17(6-15)11-22/h3-4,8,14-17H,5-7,9-13H2,1-2H3,(H,24,25). The molecule has 1 aromatic rings. The second kappa shape index (κ2) is 7.32. The van der Waals surface area contributed by atoms with Crippen LogP contribution in [-0.2, 0) is 20.0 Å². The van der Waals surface area contributed by atoms with Gasteiger partial charge in [-0.3, -0.25) is 4.79 Å². The Kier molecular flexibility index (Phi) is 5.28. The van der Waals surface area contributed by atoms with Crippen molar-refractivity contribution in [1.82, 2.24) is 0 Å². The fourth-order valence-corrected chi connectivity index (χ4v) is 8.20. The first-order chi connectivity index (χ1) is 13.1. The highest BCUT2D eigenvalue weighted by atomic mass is 35.5. The van der Waals surface area contributed by atoms with Gasteiger partial charge in [0.15, 0.2) is 9.84 Å². The predicted octanol–water partition coefficient (Wildman–Crippen LogP) is 4.82. The molecular formula is C22H30ClNO3S. The van der Waals surface area contributed by atoms with Crippen LogP contribution in [0.4, 0.5) is 5.69 Å². The third-order valence-corrected chi connectivity index (χ3v) is 9.02. The van der Waals surface area contributed by atoms with Gasteiger partial charge < -0.3 is 5.32 Å². The maximum Gasteiger partial charge on any atom is 0.239 e. The van der Waals surface area contributed by atoms with Gasteiger partial charge in [-0.1, -0.05) is 31.5 Å². The topological polar surface area (TPSA) is 63.2 Å². The van der Waals surface area contributed by atoms with Gasteiger partial charge in [0.05, 0.1) is 16.5 Å². The van der Waals surface area contributed by atoms with E-state index in [-0.39, 0.29) is 17.1 Å². The summed E-state index contributed by atoms with van der Waals surface area (Å²) in [7, 11) is -3.41. The third kappa shape index (κ3) is 4.11. The predicted molar refractivity (Wildman–Crippen MR) is 113 cm³/mol. The molecule has 5 rings (SSSR count). The molecule has 0 aliphatic heterocycles. The van der Waals surface area contributed by atoms with Crippen molar-refractivity contribution in [3.63, 3.8) is 0 Å². The molecule has 4 saturated carbocycles. The highest BCUT2D eigenvalue weighted by Crippen LogP contribution is 2.60. The van der Waals surface area contributed by atoms with Gasteiger partial charge in [0, 0.05) is 0 Å². The van der Waals surface area contributed by atoms with Crippen LogP contribution in [0.25, 0.3) is 0 Å². The number of hydrogen-bond acceptors (Lipinski definition) is 3. The van der Waals surface area contributed by atoms with E-state index in [4.69, 9.17) is 11.6 Å². The SMILES string of the molecule is CC(C)CS(=O)(=O)CC(=O)Nc1ccc(C23CC4CC(CC(C4)C2)C3)cc1Cl. The van der Waals surface area contributed by atoms with Crippen molar-refractivity contribution in [2.45, 2.75) is 57.8 Å². The molecule has 154 valence electrons. The molecule has 4 aliphatic rings. The first-order valence-corrected chi connectivity index (χ1v) is 12.6. The van der Waals surface area contributed by atoms with Gasteiger partial charge in [0.1, 0.15) is 5.75 Å². The van der Waals surface area contributed by atoms with Gasteiger partial charge in [0.25, 0.3) is 0 Å². The number of carbonyl (C=O) groups excluding carboxylic acids is 1. The average molecular weight is 424 g/mol. The van der Waals surface area contributed by atoms with Crippen LogP contribution < -0.4 is 5.32 Å². The Hall–Kier alpha value is -1.07. The molecule has 4 fully saturated rings. The summed E-state index contributed by atoms with van der Waals surface area (Å²) in [6.07, 6.45) is 7.96. The molecule has 6 heteroatoms. The smallest absolute Gasteiger partial charge is 0.239 e. The molecule has 0 unspecified atom stereocenters. The summed E-state index contributed by atoms with van der Waals surface area (Å²) in [5.74, 6) is 1.56. The maximum absolute atomic E-state index is 12.2. The van der Waals surface area contributed by atoms with E-state index in [0.29, 0.717) is 10.7 Å². The summed E-state index contributed by atoms with van der Waals surface area (Å²) < 4.78 is 24.1. The number of rotatable bonds is 6. The lowest BCUT2D eigenvalue weighted by Gasteiger charge is -2.57. The van der Waals surface area contributed by atoms with Crippen LogP contribution in [-0.4, -0.2) is 25.8 Å². The molecule has 0 heterocycles. The fourth-order valence-electron chi connectivity index (χ4n) is 6.36. The molecule has 1 amide bonds. The van der Waals surface area contributed by atoms with Gasteiger partial charge in [-0.25, -0.2) is 8.42 Å². The summed E-state index contributed by atoms with van der Waals surface area (Å²) in [6.45, 7) is 3.66. The zero-order chi connectivity index (χ0) is 20.1. The summed E-state index contributed by atoms with van der Waals surface area (Å²) in [5, 5.41) is 3.19. The van der Waals surface area contributed by atoms with Crippen molar-refractivity contribution in [2.24, 2.45) is 23.7 Å². The Morgan fingerprint density at radius 2 is 1.71 bits per heavy atom. The maximum atomic E-state index is 12.2. The second-order valence-electron chi connectivity index (χ2n) is 9.89. The van der Waals surface area contributed by atoms with Gasteiger partial charge >= 0.3 is 0 Å². The van der Waals surface area contributed by atoms with Gasteiger partial charge in [-0.05, 0) is 85.3 Å². The van der Waals surface area contributed by atoms with Gasteiger partial charge in [-0.15, -0.1) is 0 Å². The molecule has 1 aromatic carbocycles. The van der Waals surface area contributed by atoms with E-state index >= 15 is 0 Å². The molecular weight excluding hydrogens is 394 g/mol. The third-order valence-electron chi connectivity index (χ3n) is 6.83. The number of anilines is 1. The van der Waals surface area contributed by atoms with Crippen LogP contribution in [0, 0.1) is 23.7 Å². The average Bonchev–Trinajstić information content (AvgIpc) is 2.53. The van der Waals surface area contributed by atoms with E-state index in [0.717, 1.165) is 17.8 Å². The highest BCUT2D eigenvalue weighted by molar-refractivity contribution is 7.92. The van der Waals surface area contributed by atoms with Crippen LogP contribution >= 0.6 is 11.6 Å². The van der Waals surface area contributed by atoms with Crippen molar-refractivity contribution in [3.05, 3.63) is 28.8 Å². The zero-order valence-corrected chi connectivity index (χ0v) is 18.3. The van der Waals surface area contributed by atoms with Gasteiger partial charge in [0.2, 0.25) is 5.91 Å². The molecule has 0 atom stereocenters. The molecule has 0 aromatic heterocycles.